The number of likely N-dealkylation sites (tertiary alicyclic amines) is 1. The molecule has 0 saturated carbocycles. The van der Waals surface area contributed by atoms with E-state index in [0.29, 0.717) is 12.2 Å². The van der Waals surface area contributed by atoms with Crippen molar-refractivity contribution in [1.29, 1.82) is 0 Å². The molecule has 0 bridgehead atoms. The van der Waals surface area contributed by atoms with E-state index in [4.69, 9.17) is 9.47 Å². The van der Waals surface area contributed by atoms with Crippen LogP contribution in [0.4, 0.5) is 0 Å². The average Bonchev–Trinajstić information content (AvgIpc) is 2.96. The van der Waals surface area contributed by atoms with Crippen LogP contribution in [0.1, 0.15) is 24.9 Å². The number of ether oxygens (including phenoxy) is 2. The molecule has 23 heavy (non-hydrogen) atoms. The topological polar surface area (TPSA) is 38.8 Å². The molecule has 1 aliphatic rings. The van der Waals surface area contributed by atoms with Gasteiger partial charge in [-0.2, -0.15) is 0 Å². The summed E-state index contributed by atoms with van der Waals surface area (Å²) in [6.07, 6.45) is 0.303. The van der Waals surface area contributed by atoms with Crippen molar-refractivity contribution in [2.24, 2.45) is 0 Å². The number of methoxy groups -OCH3 is 1. The number of amides is 1. The maximum Gasteiger partial charge on any atom is 0.264 e. The van der Waals surface area contributed by atoms with Crippen LogP contribution in [-0.4, -0.2) is 30.6 Å². The molecule has 0 radical (unpaired) electrons. The van der Waals surface area contributed by atoms with Gasteiger partial charge in [-0.1, -0.05) is 30.3 Å². The summed E-state index contributed by atoms with van der Waals surface area (Å²) in [6.45, 7) is 2.78. The van der Waals surface area contributed by atoms with E-state index in [-0.39, 0.29) is 11.9 Å². The molecule has 0 spiro atoms. The SMILES string of the molecule is COc1ccc(O[C@@H]2CCN([C@@H](C)c3ccccc3)C2=O)cc1. The molecule has 4 nitrogen and oxygen atoms in total. The van der Waals surface area contributed by atoms with Crippen LogP contribution in [0, 0.1) is 0 Å². The Kier molecular flexibility index (Phi) is 4.51. The third-order valence-electron chi connectivity index (χ3n) is 4.28. The minimum absolute atomic E-state index is 0.0529. The van der Waals surface area contributed by atoms with Crippen molar-refractivity contribution in [3.05, 3.63) is 60.2 Å². The highest BCUT2D eigenvalue weighted by Gasteiger charge is 2.36. The summed E-state index contributed by atoms with van der Waals surface area (Å²) < 4.78 is 11.0. The van der Waals surface area contributed by atoms with Gasteiger partial charge in [-0.15, -0.1) is 0 Å². The standard InChI is InChI=1S/C19H21NO3/c1-14(15-6-4-3-5-7-15)20-13-12-18(19(20)21)23-17-10-8-16(22-2)9-11-17/h3-11,14,18H,12-13H2,1-2H3/t14-,18+/m0/s1. The lowest BCUT2D eigenvalue weighted by molar-refractivity contribution is -0.135. The zero-order valence-corrected chi connectivity index (χ0v) is 13.4. The number of hydrogen-bond acceptors (Lipinski definition) is 3. The average molecular weight is 311 g/mol. The fraction of sp³-hybridized carbons (Fsp3) is 0.316. The molecule has 1 amide bonds. The van der Waals surface area contributed by atoms with E-state index >= 15 is 0 Å². The maximum atomic E-state index is 12.6. The van der Waals surface area contributed by atoms with Crippen molar-refractivity contribution in [3.8, 4) is 11.5 Å². The van der Waals surface area contributed by atoms with Crippen molar-refractivity contribution < 1.29 is 14.3 Å². The highest BCUT2D eigenvalue weighted by atomic mass is 16.5. The highest BCUT2D eigenvalue weighted by molar-refractivity contribution is 5.83. The largest absolute Gasteiger partial charge is 0.497 e. The molecule has 2 aromatic rings. The lowest BCUT2D eigenvalue weighted by Gasteiger charge is -2.25. The summed E-state index contributed by atoms with van der Waals surface area (Å²) in [5, 5.41) is 0. The molecule has 3 rings (SSSR count). The Morgan fingerprint density at radius 3 is 2.35 bits per heavy atom. The predicted octanol–water partition coefficient (Wildman–Crippen LogP) is 3.44. The van der Waals surface area contributed by atoms with Crippen molar-refractivity contribution in [3.63, 3.8) is 0 Å². The van der Waals surface area contributed by atoms with Gasteiger partial charge in [-0.3, -0.25) is 4.79 Å². The summed E-state index contributed by atoms with van der Waals surface area (Å²) >= 11 is 0. The highest BCUT2D eigenvalue weighted by Crippen LogP contribution is 2.28. The summed E-state index contributed by atoms with van der Waals surface area (Å²) in [6, 6.07) is 17.5. The zero-order chi connectivity index (χ0) is 16.2. The summed E-state index contributed by atoms with van der Waals surface area (Å²) in [5.41, 5.74) is 1.14. The van der Waals surface area contributed by atoms with Crippen LogP contribution in [0.25, 0.3) is 0 Å². The third kappa shape index (κ3) is 3.31. The van der Waals surface area contributed by atoms with E-state index in [9.17, 15) is 4.79 Å². The zero-order valence-electron chi connectivity index (χ0n) is 13.4. The van der Waals surface area contributed by atoms with Gasteiger partial charge in [0.15, 0.2) is 6.10 Å². The molecule has 2 aromatic carbocycles. The van der Waals surface area contributed by atoms with Crippen molar-refractivity contribution in [2.75, 3.05) is 13.7 Å². The number of carbonyl (C=O) groups excluding carboxylic acids is 1. The first-order valence-electron chi connectivity index (χ1n) is 7.85. The van der Waals surface area contributed by atoms with Crippen molar-refractivity contribution in [1.82, 2.24) is 4.90 Å². The molecular formula is C19H21NO3. The van der Waals surface area contributed by atoms with E-state index in [0.717, 1.165) is 17.9 Å². The van der Waals surface area contributed by atoms with Crippen LogP contribution in [0.5, 0.6) is 11.5 Å². The molecule has 2 atom stereocenters. The van der Waals surface area contributed by atoms with Crippen molar-refractivity contribution in [2.45, 2.75) is 25.5 Å². The second-order valence-corrected chi connectivity index (χ2v) is 5.69. The van der Waals surface area contributed by atoms with E-state index in [1.54, 1.807) is 7.11 Å². The fourth-order valence-electron chi connectivity index (χ4n) is 2.90. The fourth-order valence-corrected chi connectivity index (χ4v) is 2.90. The van der Waals surface area contributed by atoms with Crippen LogP contribution >= 0.6 is 0 Å². The van der Waals surface area contributed by atoms with Gasteiger partial charge in [-0.05, 0) is 36.8 Å². The van der Waals surface area contributed by atoms with Gasteiger partial charge < -0.3 is 14.4 Å². The van der Waals surface area contributed by atoms with Gasteiger partial charge in [0, 0.05) is 13.0 Å². The first-order valence-corrected chi connectivity index (χ1v) is 7.85. The Labute approximate surface area is 136 Å². The molecule has 0 aromatic heterocycles. The Morgan fingerprint density at radius 1 is 1.04 bits per heavy atom. The van der Waals surface area contributed by atoms with Crippen LogP contribution in [0.3, 0.4) is 0 Å². The molecule has 1 saturated heterocycles. The molecule has 4 heteroatoms. The van der Waals surface area contributed by atoms with Gasteiger partial charge in [0.05, 0.1) is 13.2 Å². The van der Waals surface area contributed by atoms with Gasteiger partial charge in [-0.25, -0.2) is 0 Å². The second-order valence-electron chi connectivity index (χ2n) is 5.69. The lowest BCUT2D eigenvalue weighted by atomic mass is 10.1. The van der Waals surface area contributed by atoms with Crippen LogP contribution < -0.4 is 9.47 Å². The predicted molar refractivity (Wildman–Crippen MR) is 88.6 cm³/mol. The molecule has 120 valence electrons. The minimum atomic E-state index is -0.408. The molecule has 1 heterocycles. The molecule has 1 aliphatic heterocycles. The summed E-state index contributed by atoms with van der Waals surface area (Å²) in [7, 11) is 1.62. The molecular weight excluding hydrogens is 290 g/mol. The summed E-state index contributed by atoms with van der Waals surface area (Å²) in [4.78, 5) is 14.5. The Morgan fingerprint density at radius 2 is 1.70 bits per heavy atom. The number of benzene rings is 2. The smallest absolute Gasteiger partial charge is 0.264 e. The number of rotatable bonds is 5. The Balaban J connectivity index is 1.66. The van der Waals surface area contributed by atoms with E-state index in [2.05, 4.69) is 19.1 Å². The van der Waals surface area contributed by atoms with Crippen LogP contribution in [-0.2, 0) is 4.79 Å². The normalized spacial score (nSPS) is 18.8. The number of nitrogens with zero attached hydrogens (tertiary/aromatic N) is 1. The van der Waals surface area contributed by atoms with Gasteiger partial charge in [0.2, 0.25) is 0 Å². The third-order valence-corrected chi connectivity index (χ3v) is 4.28. The summed E-state index contributed by atoms with van der Waals surface area (Å²) in [5.74, 6) is 1.52. The van der Waals surface area contributed by atoms with Crippen LogP contribution in [0.15, 0.2) is 54.6 Å². The molecule has 0 N–H and O–H groups in total. The second kappa shape index (κ2) is 6.73. The van der Waals surface area contributed by atoms with Gasteiger partial charge in [0.1, 0.15) is 11.5 Å². The number of hydrogen-bond donors (Lipinski definition) is 0. The van der Waals surface area contributed by atoms with Crippen LogP contribution in [0.2, 0.25) is 0 Å². The monoisotopic (exact) mass is 311 g/mol. The molecule has 1 fully saturated rings. The quantitative estimate of drug-likeness (QED) is 0.849. The van der Waals surface area contributed by atoms with E-state index < -0.39 is 6.10 Å². The minimum Gasteiger partial charge on any atom is -0.497 e. The van der Waals surface area contributed by atoms with Crippen molar-refractivity contribution >= 4 is 5.91 Å². The maximum absolute atomic E-state index is 12.6. The first kappa shape index (κ1) is 15.4. The molecule has 0 aliphatic carbocycles. The van der Waals surface area contributed by atoms with E-state index in [1.165, 1.54) is 0 Å². The van der Waals surface area contributed by atoms with Gasteiger partial charge in [0.25, 0.3) is 5.91 Å². The first-order chi connectivity index (χ1) is 11.2. The lowest BCUT2D eigenvalue weighted by Crippen LogP contribution is -2.34. The Hall–Kier alpha value is -2.49. The molecule has 0 unspecified atom stereocenters. The van der Waals surface area contributed by atoms with Gasteiger partial charge >= 0.3 is 0 Å². The van der Waals surface area contributed by atoms with E-state index in [1.807, 2.05) is 47.4 Å². The number of carbonyl (C=O) groups is 1. The Bertz CT molecular complexity index is 654.